The maximum absolute atomic E-state index is 12.5. The minimum absolute atomic E-state index is 0.217. The lowest BCUT2D eigenvalue weighted by Crippen LogP contribution is -2.41. The summed E-state index contributed by atoms with van der Waals surface area (Å²) >= 11 is 7.35. The standard InChI is InChI=1S/C21H21ClN6O3S/c1-23-20(31)21-8-11(21)15(16(29)17(21)30)28-9-24-14-18(27(2)3)25-13(26-19(14)28)7-5-10-4-6-12(22)32-10/h4,6,9,11,15-17,29-30H,8H2,1-3H3,(H,23,31)/t11?,15-,16+,17+,21?/m1/s1. The summed E-state index contributed by atoms with van der Waals surface area (Å²) in [5.41, 5.74) is 0.0704. The number of amides is 1. The molecule has 3 heterocycles. The van der Waals surface area contributed by atoms with Crippen molar-refractivity contribution in [2.45, 2.75) is 24.7 Å². The molecule has 3 aromatic rings. The number of fused-ring (bicyclic) bond motifs is 2. The molecule has 0 aliphatic heterocycles. The highest BCUT2D eigenvalue weighted by Crippen LogP contribution is 2.67. The molecule has 1 amide bonds. The molecule has 9 nitrogen and oxygen atoms in total. The molecular weight excluding hydrogens is 452 g/mol. The lowest BCUT2D eigenvalue weighted by Gasteiger charge is -2.23. The zero-order valence-electron chi connectivity index (χ0n) is 17.6. The summed E-state index contributed by atoms with van der Waals surface area (Å²) < 4.78 is 2.39. The molecule has 0 radical (unpaired) electrons. The van der Waals surface area contributed by atoms with E-state index in [1.807, 2.05) is 25.1 Å². The first-order valence-electron chi connectivity index (χ1n) is 10.1. The fraction of sp³-hybridized carbons (Fsp3) is 0.429. The van der Waals surface area contributed by atoms with Gasteiger partial charge in [0, 0.05) is 27.1 Å². The second kappa shape index (κ2) is 7.42. The quantitative estimate of drug-likeness (QED) is 0.487. The van der Waals surface area contributed by atoms with Crippen molar-refractivity contribution < 1.29 is 15.0 Å². The molecule has 0 spiro atoms. The van der Waals surface area contributed by atoms with E-state index < -0.39 is 23.7 Å². The molecule has 2 aliphatic carbocycles. The lowest BCUT2D eigenvalue weighted by atomic mass is 9.98. The Labute approximate surface area is 193 Å². The van der Waals surface area contributed by atoms with Crippen molar-refractivity contribution in [2.24, 2.45) is 11.3 Å². The highest BCUT2D eigenvalue weighted by Gasteiger charge is 2.75. The number of aliphatic hydroxyl groups excluding tert-OH is 2. The van der Waals surface area contributed by atoms with Gasteiger partial charge in [-0.05, 0) is 30.4 Å². The zero-order chi connectivity index (χ0) is 22.8. The molecular formula is C21H21ClN6O3S. The summed E-state index contributed by atoms with van der Waals surface area (Å²) in [6.07, 6.45) is -0.203. The van der Waals surface area contributed by atoms with Gasteiger partial charge < -0.3 is 25.0 Å². The van der Waals surface area contributed by atoms with Crippen molar-refractivity contribution in [1.82, 2.24) is 24.8 Å². The second-order valence-electron chi connectivity index (χ2n) is 8.30. The first-order valence-corrected chi connectivity index (χ1v) is 11.2. The van der Waals surface area contributed by atoms with Crippen LogP contribution in [0.25, 0.3) is 11.2 Å². The molecule has 32 heavy (non-hydrogen) atoms. The van der Waals surface area contributed by atoms with Crippen LogP contribution in [0.5, 0.6) is 0 Å². The molecule has 3 aromatic heterocycles. The van der Waals surface area contributed by atoms with E-state index in [1.54, 1.807) is 17.0 Å². The van der Waals surface area contributed by atoms with Gasteiger partial charge in [0.05, 0.1) is 33.1 Å². The normalized spacial score (nSPS) is 28.2. The number of halogens is 1. The van der Waals surface area contributed by atoms with E-state index in [4.69, 9.17) is 11.6 Å². The van der Waals surface area contributed by atoms with Crippen LogP contribution in [-0.4, -0.2) is 69.0 Å². The lowest BCUT2D eigenvalue weighted by molar-refractivity contribution is -0.132. The van der Waals surface area contributed by atoms with Crippen molar-refractivity contribution in [1.29, 1.82) is 0 Å². The maximum atomic E-state index is 12.5. The fourth-order valence-corrected chi connectivity index (χ4v) is 5.67. The third kappa shape index (κ3) is 3.00. The van der Waals surface area contributed by atoms with Gasteiger partial charge in [0.1, 0.15) is 6.10 Å². The van der Waals surface area contributed by atoms with Crippen LogP contribution >= 0.6 is 22.9 Å². The molecule has 166 valence electrons. The molecule has 2 unspecified atom stereocenters. The van der Waals surface area contributed by atoms with Crippen LogP contribution in [-0.2, 0) is 4.79 Å². The Morgan fingerprint density at radius 2 is 2.12 bits per heavy atom. The van der Waals surface area contributed by atoms with Gasteiger partial charge in [0.2, 0.25) is 11.7 Å². The molecule has 0 aromatic carbocycles. The Kier molecular flexibility index (Phi) is 4.90. The number of hydrogen-bond acceptors (Lipinski definition) is 8. The second-order valence-corrected chi connectivity index (χ2v) is 10.0. The highest BCUT2D eigenvalue weighted by molar-refractivity contribution is 7.16. The van der Waals surface area contributed by atoms with E-state index in [0.717, 1.165) is 4.88 Å². The van der Waals surface area contributed by atoms with E-state index in [1.165, 1.54) is 18.4 Å². The van der Waals surface area contributed by atoms with E-state index >= 15 is 0 Å². The Morgan fingerprint density at radius 1 is 1.34 bits per heavy atom. The van der Waals surface area contributed by atoms with Crippen LogP contribution in [0, 0.1) is 23.2 Å². The van der Waals surface area contributed by atoms with Crippen LogP contribution in [0.3, 0.4) is 0 Å². The van der Waals surface area contributed by atoms with Crippen LogP contribution in [0.15, 0.2) is 18.5 Å². The summed E-state index contributed by atoms with van der Waals surface area (Å²) in [5, 5.41) is 24.1. The predicted molar refractivity (Wildman–Crippen MR) is 121 cm³/mol. The van der Waals surface area contributed by atoms with Crippen LogP contribution < -0.4 is 10.2 Å². The maximum Gasteiger partial charge on any atom is 0.229 e. The highest BCUT2D eigenvalue weighted by atomic mass is 35.5. The van der Waals surface area contributed by atoms with Gasteiger partial charge in [-0.25, -0.2) is 15.0 Å². The fourth-order valence-electron chi connectivity index (χ4n) is 4.77. The third-order valence-corrected chi connectivity index (χ3v) is 7.49. The number of aromatic nitrogens is 4. The Morgan fingerprint density at radius 3 is 2.78 bits per heavy atom. The zero-order valence-corrected chi connectivity index (χ0v) is 19.1. The Hall–Kier alpha value is -2.71. The van der Waals surface area contributed by atoms with E-state index in [2.05, 4.69) is 32.1 Å². The summed E-state index contributed by atoms with van der Waals surface area (Å²) in [6, 6.07) is 3.08. The number of aliphatic hydroxyl groups is 2. The summed E-state index contributed by atoms with van der Waals surface area (Å²) in [6.45, 7) is 0. The average Bonchev–Trinajstić information content (AvgIpc) is 3.02. The van der Waals surface area contributed by atoms with Gasteiger partial charge in [-0.3, -0.25) is 4.79 Å². The van der Waals surface area contributed by atoms with E-state index in [-0.39, 0.29) is 11.8 Å². The van der Waals surface area contributed by atoms with E-state index in [9.17, 15) is 15.0 Å². The number of rotatable bonds is 3. The monoisotopic (exact) mass is 472 g/mol. The number of nitrogens with zero attached hydrogens (tertiary/aromatic N) is 5. The Balaban J connectivity index is 1.60. The van der Waals surface area contributed by atoms with Gasteiger partial charge in [0.25, 0.3) is 0 Å². The van der Waals surface area contributed by atoms with Gasteiger partial charge in [-0.2, -0.15) is 0 Å². The minimum atomic E-state index is -1.16. The molecule has 3 N–H and O–H groups in total. The predicted octanol–water partition coefficient (Wildman–Crippen LogP) is 1.04. The molecule has 2 saturated carbocycles. The smallest absolute Gasteiger partial charge is 0.229 e. The number of imidazole rings is 1. The van der Waals surface area contributed by atoms with Crippen molar-refractivity contribution in [3.8, 4) is 11.8 Å². The Bertz CT molecular complexity index is 1290. The van der Waals surface area contributed by atoms with Crippen LogP contribution in [0.1, 0.15) is 23.2 Å². The first kappa shape index (κ1) is 21.2. The number of nitrogens with one attached hydrogen (secondary N) is 1. The number of thiophene rings is 1. The third-order valence-electron chi connectivity index (χ3n) is 6.34. The SMILES string of the molecule is CNC(=O)C12CC1[C@@H](n1cnc3c(N(C)C)nc(C#Cc4ccc(Cl)s4)nc31)[C@H](O)[C@@H]2O. The van der Waals surface area contributed by atoms with Crippen molar-refractivity contribution in [3.05, 3.63) is 33.5 Å². The number of carbonyl (C=O) groups excluding carboxylic acids is 1. The minimum Gasteiger partial charge on any atom is -0.389 e. The van der Waals surface area contributed by atoms with Gasteiger partial charge in [-0.1, -0.05) is 11.6 Å². The molecule has 0 saturated heterocycles. The summed E-state index contributed by atoms with van der Waals surface area (Å²) in [7, 11) is 5.24. The van der Waals surface area contributed by atoms with Crippen molar-refractivity contribution in [3.63, 3.8) is 0 Å². The molecule has 5 rings (SSSR count). The molecule has 2 fully saturated rings. The molecule has 2 aliphatic rings. The van der Waals surface area contributed by atoms with Crippen LogP contribution in [0.2, 0.25) is 4.34 Å². The van der Waals surface area contributed by atoms with Crippen molar-refractivity contribution >= 4 is 45.8 Å². The molecule has 0 bridgehead atoms. The van der Waals surface area contributed by atoms with Gasteiger partial charge >= 0.3 is 0 Å². The van der Waals surface area contributed by atoms with Gasteiger partial charge in [0.15, 0.2) is 17.0 Å². The largest absolute Gasteiger partial charge is 0.389 e. The number of hydrogen-bond donors (Lipinski definition) is 3. The topological polar surface area (TPSA) is 116 Å². The number of carbonyl (C=O) groups is 1. The summed E-state index contributed by atoms with van der Waals surface area (Å²) in [4.78, 5) is 28.7. The van der Waals surface area contributed by atoms with Gasteiger partial charge in [-0.15, -0.1) is 11.3 Å². The average molecular weight is 473 g/mol. The van der Waals surface area contributed by atoms with Crippen molar-refractivity contribution in [2.75, 3.05) is 26.0 Å². The van der Waals surface area contributed by atoms with Crippen LogP contribution in [0.4, 0.5) is 5.82 Å². The molecule has 5 atom stereocenters. The summed E-state index contributed by atoms with van der Waals surface area (Å²) in [5.74, 6) is 6.42. The van der Waals surface area contributed by atoms with E-state index in [0.29, 0.717) is 33.6 Å². The number of anilines is 1. The first-order chi connectivity index (χ1) is 15.3. The molecule has 11 heteroatoms.